The first-order valence-corrected chi connectivity index (χ1v) is 10.8. The van der Waals surface area contributed by atoms with Gasteiger partial charge in [0.2, 0.25) is 0 Å². The molecule has 0 saturated heterocycles. The van der Waals surface area contributed by atoms with Crippen LogP contribution in [0.2, 0.25) is 0 Å². The molecule has 0 unspecified atom stereocenters. The van der Waals surface area contributed by atoms with Crippen molar-refractivity contribution in [3.8, 4) is 5.75 Å². The van der Waals surface area contributed by atoms with Gasteiger partial charge in [-0.3, -0.25) is 9.78 Å². The summed E-state index contributed by atoms with van der Waals surface area (Å²) in [4.78, 5) is 16.2. The van der Waals surface area contributed by atoms with E-state index in [2.05, 4.69) is 51.8 Å². The quantitative estimate of drug-likeness (QED) is 0.229. The lowest BCUT2D eigenvalue weighted by atomic mass is 10.1. The van der Waals surface area contributed by atoms with Crippen molar-refractivity contribution in [3.63, 3.8) is 0 Å². The van der Waals surface area contributed by atoms with E-state index in [1.165, 1.54) is 0 Å². The Morgan fingerprint density at radius 3 is 2.70 bits per heavy atom. The summed E-state index contributed by atoms with van der Waals surface area (Å²) < 4.78 is 8.32. The maximum atomic E-state index is 12.3. The summed E-state index contributed by atoms with van der Waals surface area (Å²) in [6.07, 6.45) is 7.51. The highest BCUT2D eigenvalue weighted by Crippen LogP contribution is 2.25. The Bertz CT molecular complexity index is 1290. The van der Waals surface area contributed by atoms with Gasteiger partial charge in [-0.25, -0.2) is 5.43 Å². The number of hydrazone groups is 1. The van der Waals surface area contributed by atoms with Gasteiger partial charge in [0.25, 0.3) is 5.91 Å². The van der Waals surface area contributed by atoms with Gasteiger partial charge in [0.05, 0.1) is 12.8 Å². The number of hydrogen-bond donors (Lipinski definition) is 1. The Kier molecular flexibility index (Phi) is 6.95. The van der Waals surface area contributed by atoms with E-state index < -0.39 is 0 Å². The molecule has 2 aromatic heterocycles. The van der Waals surface area contributed by atoms with Crippen LogP contribution >= 0.6 is 0 Å². The van der Waals surface area contributed by atoms with E-state index in [4.69, 9.17) is 4.74 Å². The van der Waals surface area contributed by atoms with E-state index in [1.54, 1.807) is 30.7 Å². The molecule has 0 fully saturated rings. The van der Waals surface area contributed by atoms with Gasteiger partial charge in [-0.15, -0.1) is 6.58 Å². The molecule has 2 aromatic carbocycles. The second-order valence-electron chi connectivity index (χ2n) is 7.55. The Balaban J connectivity index is 1.51. The average Bonchev–Trinajstić information content (AvgIpc) is 3.12. The van der Waals surface area contributed by atoms with Crippen molar-refractivity contribution in [2.24, 2.45) is 5.10 Å². The number of carbonyl (C=O) groups excluding carboxylic acids is 1. The molecule has 4 rings (SSSR count). The van der Waals surface area contributed by atoms with Gasteiger partial charge in [0.15, 0.2) is 0 Å². The molecule has 0 aliphatic heterocycles. The van der Waals surface area contributed by atoms with Gasteiger partial charge in [0.1, 0.15) is 12.4 Å². The zero-order valence-electron chi connectivity index (χ0n) is 18.6. The number of rotatable bonds is 9. The second kappa shape index (κ2) is 10.4. The number of nitrogens with one attached hydrogen (secondary N) is 1. The molecule has 33 heavy (non-hydrogen) atoms. The molecule has 166 valence electrons. The molecular formula is C27H26N4O2. The van der Waals surface area contributed by atoms with Gasteiger partial charge in [-0.1, -0.05) is 42.5 Å². The number of nitrogens with zero attached hydrogens (tertiary/aromatic N) is 3. The van der Waals surface area contributed by atoms with Crippen LogP contribution in [0.4, 0.5) is 0 Å². The van der Waals surface area contributed by atoms with Crippen LogP contribution in [0.1, 0.15) is 27.2 Å². The van der Waals surface area contributed by atoms with Gasteiger partial charge in [0, 0.05) is 40.1 Å². The Morgan fingerprint density at radius 2 is 1.88 bits per heavy atom. The Labute approximate surface area is 193 Å². The number of carbonyl (C=O) groups is 1. The number of hydrogen-bond acceptors (Lipinski definition) is 4. The maximum Gasteiger partial charge on any atom is 0.271 e. The SMILES string of the molecule is C=CCc1ccccc1OCCn1c(C)c(C=NNC(=O)c2ccncc2)c2ccccc21. The fourth-order valence-corrected chi connectivity index (χ4v) is 3.85. The van der Waals surface area contributed by atoms with Gasteiger partial charge in [-0.2, -0.15) is 5.10 Å². The molecule has 1 amide bonds. The number of aromatic nitrogens is 2. The van der Waals surface area contributed by atoms with Gasteiger partial charge < -0.3 is 9.30 Å². The van der Waals surface area contributed by atoms with Crippen LogP contribution in [0.5, 0.6) is 5.75 Å². The third kappa shape index (κ3) is 5.01. The van der Waals surface area contributed by atoms with Crippen LogP contribution in [0.25, 0.3) is 10.9 Å². The first-order chi connectivity index (χ1) is 16.2. The van der Waals surface area contributed by atoms with Gasteiger partial charge in [-0.05, 0) is 43.2 Å². The van der Waals surface area contributed by atoms with E-state index >= 15 is 0 Å². The molecule has 0 bridgehead atoms. The van der Waals surface area contributed by atoms with E-state index in [0.717, 1.165) is 39.9 Å². The summed E-state index contributed by atoms with van der Waals surface area (Å²) in [6.45, 7) is 7.10. The normalized spacial score (nSPS) is 11.1. The molecule has 4 aromatic rings. The van der Waals surface area contributed by atoms with Crippen molar-refractivity contribution < 1.29 is 9.53 Å². The minimum absolute atomic E-state index is 0.276. The second-order valence-corrected chi connectivity index (χ2v) is 7.55. The predicted octanol–water partition coefficient (Wildman–Crippen LogP) is 4.92. The zero-order valence-corrected chi connectivity index (χ0v) is 18.6. The molecule has 6 heteroatoms. The van der Waals surface area contributed by atoms with E-state index in [9.17, 15) is 4.79 Å². The summed E-state index contributed by atoms with van der Waals surface area (Å²) >= 11 is 0. The zero-order chi connectivity index (χ0) is 23.0. The smallest absolute Gasteiger partial charge is 0.271 e. The van der Waals surface area contributed by atoms with Crippen LogP contribution in [0, 0.1) is 6.92 Å². The van der Waals surface area contributed by atoms with E-state index in [1.807, 2.05) is 36.4 Å². The number of para-hydroxylation sites is 2. The summed E-state index contributed by atoms with van der Waals surface area (Å²) in [6, 6.07) is 19.5. The lowest BCUT2D eigenvalue weighted by Crippen LogP contribution is -2.17. The van der Waals surface area contributed by atoms with Crippen molar-refractivity contribution >= 4 is 23.0 Å². The number of fused-ring (bicyclic) bond motifs is 1. The average molecular weight is 439 g/mol. The van der Waals surface area contributed by atoms with Crippen molar-refractivity contribution in [1.82, 2.24) is 15.0 Å². The highest BCUT2D eigenvalue weighted by atomic mass is 16.5. The first kappa shape index (κ1) is 22.0. The van der Waals surface area contributed by atoms with Gasteiger partial charge >= 0.3 is 0 Å². The Morgan fingerprint density at radius 1 is 1.12 bits per heavy atom. The number of pyridine rings is 1. The minimum Gasteiger partial charge on any atom is -0.491 e. The minimum atomic E-state index is -0.276. The maximum absolute atomic E-state index is 12.3. The molecule has 0 atom stereocenters. The Hall–Kier alpha value is -4.19. The van der Waals surface area contributed by atoms with E-state index in [-0.39, 0.29) is 5.91 Å². The van der Waals surface area contributed by atoms with Crippen molar-refractivity contribution in [2.75, 3.05) is 6.61 Å². The standard InChI is InChI=1S/C27H26N4O2/c1-3-8-21-9-4-7-12-26(21)33-18-17-31-20(2)24(23-10-5-6-11-25(23)31)19-29-30-27(32)22-13-15-28-16-14-22/h3-7,9-16,19H,1,8,17-18H2,2H3,(H,30,32). The predicted molar refractivity (Wildman–Crippen MR) is 132 cm³/mol. The monoisotopic (exact) mass is 438 g/mol. The molecule has 0 aliphatic rings. The fourth-order valence-electron chi connectivity index (χ4n) is 3.85. The van der Waals surface area contributed by atoms with Crippen LogP contribution in [-0.2, 0) is 13.0 Å². The van der Waals surface area contributed by atoms with Crippen LogP contribution in [0.15, 0.2) is 90.8 Å². The van der Waals surface area contributed by atoms with Crippen LogP contribution < -0.4 is 10.2 Å². The molecule has 0 spiro atoms. The molecule has 0 saturated carbocycles. The summed E-state index contributed by atoms with van der Waals surface area (Å²) in [5.41, 5.74) is 7.35. The third-order valence-corrected chi connectivity index (χ3v) is 5.49. The lowest BCUT2D eigenvalue weighted by molar-refractivity contribution is 0.0955. The topological polar surface area (TPSA) is 68.5 Å². The number of allylic oxidation sites excluding steroid dienone is 1. The highest BCUT2D eigenvalue weighted by molar-refractivity contribution is 6.02. The summed E-state index contributed by atoms with van der Waals surface area (Å²) in [7, 11) is 0. The molecule has 2 heterocycles. The number of amides is 1. The van der Waals surface area contributed by atoms with E-state index in [0.29, 0.717) is 18.7 Å². The third-order valence-electron chi connectivity index (χ3n) is 5.49. The molecule has 0 radical (unpaired) electrons. The summed E-state index contributed by atoms with van der Waals surface area (Å²) in [5.74, 6) is 0.605. The largest absolute Gasteiger partial charge is 0.491 e. The molecular weight excluding hydrogens is 412 g/mol. The summed E-state index contributed by atoms with van der Waals surface area (Å²) in [5, 5.41) is 5.28. The molecule has 1 N–H and O–H groups in total. The van der Waals surface area contributed by atoms with Crippen LogP contribution in [0.3, 0.4) is 0 Å². The van der Waals surface area contributed by atoms with Crippen LogP contribution in [-0.4, -0.2) is 28.3 Å². The number of ether oxygens (including phenoxy) is 1. The molecule has 0 aliphatic carbocycles. The van der Waals surface area contributed by atoms with Crippen molar-refractivity contribution in [1.29, 1.82) is 0 Å². The fraction of sp³-hybridized carbons (Fsp3) is 0.148. The number of benzene rings is 2. The highest BCUT2D eigenvalue weighted by Gasteiger charge is 2.13. The van der Waals surface area contributed by atoms with Crippen molar-refractivity contribution in [3.05, 3.63) is 108 Å². The van der Waals surface area contributed by atoms with Crippen molar-refractivity contribution in [2.45, 2.75) is 19.9 Å². The first-order valence-electron chi connectivity index (χ1n) is 10.8. The lowest BCUT2D eigenvalue weighted by Gasteiger charge is -2.13. The molecule has 6 nitrogen and oxygen atoms in total.